The molecular weight excluding hydrogens is 270 g/mol. The highest BCUT2D eigenvalue weighted by Crippen LogP contribution is 2.44. The summed E-state index contributed by atoms with van der Waals surface area (Å²) in [4.78, 5) is 26.5. The molecule has 21 heavy (non-hydrogen) atoms. The van der Waals surface area contributed by atoms with Crippen molar-refractivity contribution in [3.05, 3.63) is 0 Å². The van der Waals surface area contributed by atoms with Gasteiger partial charge in [-0.3, -0.25) is 9.59 Å². The van der Waals surface area contributed by atoms with Crippen LogP contribution in [0, 0.1) is 11.8 Å². The van der Waals surface area contributed by atoms with Crippen LogP contribution < -0.4 is 0 Å². The molecule has 5 heteroatoms. The van der Waals surface area contributed by atoms with Gasteiger partial charge in [0.05, 0.1) is 24.0 Å². The number of hydrogen-bond acceptors (Lipinski definition) is 3. The molecule has 120 valence electrons. The minimum atomic E-state index is -0.895. The van der Waals surface area contributed by atoms with E-state index in [0.717, 1.165) is 25.7 Å². The van der Waals surface area contributed by atoms with E-state index in [-0.39, 0.29) is 30.2 Å². The molecule has 0 saturated carbocycles. The first-order chi connectivity index (χ1) is 9.92. The number of nitrogens with zero attached hydrogens (tertiary/aromatic N) is 1. The maximum absolute atomic E-state index is 13.0. The monoisotopic (exact) mass is 297 g/mol. The normalized spacial score (nSPS) is 33.7. The summed E-state index contributed by atoms with van der Waals surface area (Å²) in [6.45, 7) is 8.18. The van der Waals surface area contributed by atoms with Gasteiger partial charge in [-0.1, -0.05) is 13.8 Å². The Morgan fingerprint density at radius 2 is 1.57 bits per heavy atom. The molecule has 5 nitrogen and oxygen atoms in total. The first-order valence-electron chi connectivity index (χ1n) is 8.12. The SMILES string of the molecule is CC[C@H](C)N(C(=O)[C@H]1[C@H](C(=O)O)[C@H]2CC[C@H]1O2)[C@@H](C)CC. The van der Waals surface area contributed by atoms with E-state index in [9.17, 15) is 14.7 Å². The summed E-state index contributed by atoms with van der Waals surface area (Å²) >= 11 is 0. The molecule has 0 aromatic rings. The number of carbonyl (C=O) groups is 2. The fourth-order valence-corrected chi connectivity index (χ4v) is 3.74. The number of ether oxygens (including phenoxy) is 1. The van der Waals surface area contributed by atoms with Crippen LogP contribution in [-0.4, -0.2) is 46.2 Å². The highest BCUT2D eigenvalue weighted by Gasteiger charge is 2.56. The van der Waals surface area contributed by atoms with E-state index >= 15 is 0 Å². The molecule has 2 bridgehead atoms. The van der Waals surface area contributed by atoms with Crippen LogP contribution in [0.2, 0.25) is 0 Å². The zero-order valence-electron chi connectivity index (χ0n) is 13.4. The third-order valence-electron chi connectivity index (χ3n) is 5.23. The van der Waals surface area contributed by atoms with Gasteiger partial charge >= 0.3 is 5.97 Å². The standard InChI is InChI=1S/C16H27NO4/c1-5-9(3)17(10(4)6-2)15(18)13-11-7-8-12(21-11)14(13)16(19)20/h9-14H,5-8H2,1-4H3,(H,19,20)/t9-,10-,11+,12+,13+,14+/m0/s1. The largest absolute Gasteiger partial charge is 0.481 e. The molecule has 2 heterocycles. The summed E-state index contributed by atoms with van der Waals surface area (Å²) in [5.74, 6) is -2.11. The highest BCUT2D eigenvalue weighted by atomic mass is 16.5. The van der Waals surface area contributed by atoms with E-state index in [2.05, 4.69) is 13.8 Å². The topological polar surface area (TPSA) is 66.8 Å². The van der Waals surface area contributed by atoms with E-state index in [1.54, 1.807) is 0 Å². The first kappa shape index (κ1) is 16.3. The van der Waals surface area contributed by atoms with Gasteiger partial charge in [0.25, 0.3) is 0 Å². The van der Waals surface area contributed by atoms with E-state index in [1.165, 1.54) is 0 Å². The van der Waals surface area contributed by atoms with Crippen LogP contribution in [0.25, 0.3) is 0 Å². The number of hydrogen-bond donors (Lipinski definition) is 1. The fraction of sp³-hybridized carbons (Fsp3) is 0.875. The van der Waals surface area contributed by atoms with Crippen molar-refractivity contribution in [2.75, 3.05) is 0 Å². The van der Waals surface area contributed by atoms with Gasteiger partial charge in [-0.2, -0.15) is 0 Å². The van der Waals surface area contributed by atoms with Gasteiger partial charge in [0, 0.05) is 12.1 Å². The Morgan fingerprint density at radius 3 is 2.00 bits per heavy atom. The van der Waals surface area contributed by atoms with Crippen molar-refractivity contribution in [1.29, 1.82) is 0 Å². The van der Waals surface area contributed by atoms with Crippen molar-refractivity contribution in [2.24, 2.45) is 11.8 Å². The van der Waals surface area contributed by atoms with Crippen LogP contribution in [0.4, 0.5) is 0 Å². The van der Waals surface area contributed by atoms with Crippen LogP contribution in [0.5, 0.6) is 0 Å². The number of carboxylic acid groups (broad SMARTS) is 1. The summed E-state index contributed by atoms with van der Waals surface area (Å²) in [7, 11) is 0. The summed E-state index contributed by atoms with van der Waals surface area (Å²) in [6, 6.07) is 0.252. The lowest BCUT2D eigenvalue weighted by Crippen LogP contribution is -2.51. The van der Waals surface area contributed by atoms with E-state index in [0.29, 0.717) is 0 Å². The Bertz CT molecular complexity index is 401. The molecule has 2 fully saturated rings. The van der Waals surface area contributed by atoms with Gasteiger partial charge in [-0.05, 0) is 39.5 Å². The fourth-order valence-electron chi connectivity index (χ4n) is 3.74. The lowest BCUT2D eigenvalue weighted by molar-refractivity contribution is -0.153. The molecule has 0 aromatic carbocycles. The zero-order chi connectivity index (χ0) is 15.7. The Labute approximate surface area is 126 Å². The number of fused-ring (bicyclic) bond motifs is 2. The zero-order valence-corrected chi connectivity index (χ0v) is 13.4. The van der Waals surface area contributed by atoms with Crippen molar-refractivity contribution >= 4 is 11.9 Å². The van der Waals surface area contributed by atoms with Gasteiger partial charge < -0.3 is 14.7 Å². The van der Waals surface area contributed by atoms with Gasteiger partial charge in [-0.15, -0.1) is 0 Å². The van der Waals surface area contributed by atoms with Crippen LogP contribution in [0.15, 0.2) is 0 Å². The Hall–Kier alpha value is -1.10. The van der Waals surface area contributed by atoms with E-state index < -0.39 is 17.8 Å². The third kappa shape index (κ3) is 2.80. The minimum absolute atomic E-state index is 0.0294. The van der Waals surface area contributed by atoms with Crippen molar-refractivity contribution < 1.29 is 19.4 Å². The van der Waals surface area contributed by atoms with Crippen LogP contribution >= 0.6 is 0 Å². The minimum Gasteiger partial charge on any atom is -0.481 e. The molecule has 2 aliphatic rings. The average molecular weight is 297 g/mol. The molecule has 0 spiro atoms. The van der Waals surface area contributed by atoms with E-state index in [1.807, 2.05) is 18.7 Å². The Balaban J connectivity index is 2.25. The Morgan fingerprint density at radius 1 is 1.10 bits per heavy atom. The molecule has 2 rings (SSSR count). The summed E-state index contributed by atoms with van der Waals surface area (Å²) in [6.07, 6.45) is 2.82. The number of rotatable bonds is 6. The molecule has 1 N–H and O–H groups in total. The second kappa shape index (κ2) is 6.34. The van der Waals surface area contributed by atoms with Crippen LogP contribution in [0.1, 0.15) is 53.4 Å². The predicted molar refractivity (Wildman–Crippen MR) is 78.9 cm³/mol. The Kier molecular flexibility index (Phi) is 4.91. The molecule has 0 radical (unpaired) electrons. The summed E-state index contributed by atoms with van der Waals surface area (Å²) in [5.41, 5.74) is 0. The predicted octanol–water partition coefficient (Wildman–Crippen LogP) is 2.29. The maximum Gasteiger partial charge on any atom is 0.310 e. The second-order valence-corrected chi connectivity index (χ2v) is 6.44. The van der Waals surface area contributed by atoms with Gasteiger partial charge in [-0.25, -0.2) is 0 Å². The first-order valence-corrected chi connectivity index (χ1v) is 8.12. The van der Waals surface area contributed by atoms with Gasteiger partial charge in [0.1, 0.15) is 0 Å². The van der Waals surface area contributed by atoms with Crippen LogP contribution in [-0.2, 0) is 14.3 Å². The molecule has 0 aliphatic carbocycles. The molecule has 2 saturated heterocycles. The molecule has 6 atom stereocenters. The molecule has 0 aromatic heterocycles. The van der Waals surface area contributed by atoms with Gasteiger partial charge in [0.15, 0.2) is 0 Å². The van der Waals surface area contributed by atoms with Crippen molar-refractivity contribution in [3.8, 4) is 0 Å². The van der Waals surface area contributed by atoms with Crippen molar-refractivity contribution in [2.45, 2.75) is 77.7 Å². The molecular formula is C16H27NO4. The molecule has 2 aliphatic heterocycles. The lowest BCUT2D eigenvalue weighted by atomic mass is 9.78. The second-order valence-electron chi connectivity index (χ2n) is 6.44. The van der Waals surface area contributed by atoms with Crippen molar-refractivity contribution in [3.63, 3.8) is 0 Å². The molecule has 1 amide bonds. The summed E-state index contributed by atoms with van der Waals surface area (Å²) in [5, 5.41) is 9.48. The highest BCUT2D eigenvalue weighted by molar-refractivity contribution is 5.87. The average Bonchev–Trinajstić information content (AvgIpc) is 3.07. The maximum atomic E-state index is 13.0. The van der Waals surface area contributed by atoms with Gasteiger partial charge in [0.2, 0.25) is 5.91 Å². The number of aliphatic carboxylic acids is 1. The van der Waals surface area contributed by atoms with E-state index in [4.69, 9.17) is 4.74 Å². The summed E-state index contributed by atoms with van der Waals surface area (Å²) < 4.78 is 5.73. The quantitative estimate of drug-likeness (QED) is 0.817. The number of carboxylic acids is 1. The van der Waals surface area contributed by atoms with Crippen molar-refractivity contribution in [1.82, 2.24) is 4.90 Å². The van der Waals surface area contributed by atoms with Crippen LogP contribution in [0.3, 0.4) is 0 Å². The third-order valence-corrected chi connectivity index (χ3v) is 5.23. The number of amides is 1. The smallest absolute Gasteiger partial charge is 0.310 e. The lowest BCUT2D eigenvalue weighted by Gasteiger charge is -2.38. The molecule has 0 unspecified atom stereocenters. The number of carbonyl (C=O) groups excluding carboxylic acids is 1.